The number of nitrogens with zero attached hydrogens (tertiary/aromatic N) is 1. The highest BCUT2D eigenvalue weighted by Crippen LogP contribution is 2.17. The lowest BCUT2D eigenvalue weighted by molar-refractivity contribution is 0.597. The molecule has 0 unspecified atom stereocenters. The van der Waals surface area contributed by atoms with Gasteiger partial charge in [0.15, 0.2) is 0 Å². The Bertz CT molecular complexity index is 655. The first-order valence-electron chi connectivity index (χ1n) is 6.88. The highest BCUT2D eigenvalue weighted by atomic mass is 32.2. The minimum absolute atomic E-state index is 0.120. The van der Waals surface area contributed by atoms with E-state index in [1.165, 1.54) is 0 Å². The molecule has 0 radical (unpaired) electrons. The molecule has 112 valence electrons. The second-order valence-corrected chi connectivity index (χ2v) is 6.54. The molecule has 0 amide bonds. The van der Waals surface area contributed by atoms with Gasteiger partial charge in [-0.2, -0.15) is 0 Å². The van der Waals surface area contributed by atoms with Crippen molar-refractivity contribution in [1.29, 1.82) is 0 Å². The fourth-order valence-electron chi connectivity index (χ4n) is 1.76. The summed E-state index contributed by atoms with van der Waals surface area (Å²) in [6.45, 7) is 1.96. The maximum absolute atomic E-state index is 11.8. The van der Waals surface area contributed by atoms with Crippen molar-refractivity contribution in [2.24, 2.45) is 0 Å². The molecule has 0 fully saturated rings. The van der Waals surface area contributed by atoms with E-state index in [2.05, 4.69) is 15.0 Å². The van der Waals surface area contributed by atoms with Crippen molar-refractivity contribution in [3.05, 3.63) is 48.7 Å². The van der Waals surface area contributed by atoms with E-state index in [9.17, 15) is 8.42 Å². The first kappa shape index (κ1) is 15.3. The molecule has 0 saturated heterocycles. The molecule has 0 saturated carbocycles. The summed E-state index contributed by atoms with van der Waals surface area (Å²) in [6, 6.07) is 13.1. The zero-order chi connectivity index (χ0) is 15.1. The Labute approximate surface area is 125 Å². The smallest absolute Gasteiger partial charge is 0.233 e. The van der Waals surface area contributed by atoms with Crippen LogP contribution < -0.4 is 10.0 Å². The second-order valence-electron chi connectivity index (χ2n) is 4.70. The number of anilines is 3. The van der Waals surface area contributed by atoms with E-state index in [0.29, 0.717) is 12.2 Å². The van der Waals surface area contributed by atoms with Gasteiger partial charge in [-0.3, -0.25) is 4.72 Å². The molecule has 0 aliphatic heterocycles. The van der Waals surface area contributed by atoms with E-state index in [4.69, 9.17) is 0 Å². The summed E-state index contributed by atoms with van der Waals surface area (Å²) >= 11 is 0. The van der Waals surface area contributed by atoms with Gasteiger partial charge in [0.1, 0.15) is 5.82 Å². The summed E-state index contributed by atoms with van der Waals surface area (Å²) < 4.78 is 26.0. The van der Waals surface area contributed by atoms with E-state index < -0.39 is 10.0 Å². The minimum atomic E-state index is -3.30. The van der Waals surface area contributed by atoms with Gasteiger partial charge < -0.3 is 5.32 Å². The first-order chi connectivity index (χ1) is 10.1. The van der Waals surface area contributed by atoms with Crippen molar-refractivity contribution >= 4 is 27.2 Å². The van der Waals surface area contributed by atoms with Gasteiger partial charge in [0.05, 0.1) is 17.6 Å². The lowest BCUT2D eigenvalue weighted by Crippen LogP contribution is -2.17. The molecule has 2 rings (SSSR count). The molecule has 6 heteroatoms. The fraction of sp³-hybridized carbons (Fsp3) is 0.267. The predicted octanol–water partition coefficient (Wildman–Crippen LogP) is 3.37. The Balaban J connectivity index is 1.99. The Kier molecular flexibility index (Phi) is 5.16. The normalized spacial score (nSPS) is 11.1. The third-order valence-corrected chi connectivity index (χ3v) is 4.20. The van der Waals surface area contributed by atoms with Crippen LogP contribution in [0.3, 0.4) is 0 Å². The van der Waals surface area contributed by atoms with Gasteiger partial charge in [0.2, 0.25) is 10.0 Å². The third kappa shape index (κ3) is 5.07. The van der Waals surface area contributed by atoms with E-state index in [1.807, 2.05) is 37.3 Å². The molecule has 0 bridgehead atoms. The van der Waals surface area contributed by atoms with Crippen molar-refractivity contribution in [1.82, 2.24) is 4.98 Å². The molecule has 0 spiro atoms. The summed E-state index contributed by atoms with van der Waals surface area (Å²) in [5.41, 5.74) is 1.76. The van der Waals surface area contributed by atoms with Gasteiger partial charge in [-0.05, 0) is 30.7 Å². The van der Waals surface area contributed by atoms with Crippen LogP contribution in [0.1, 0.15) is 19.8 Å². The average molecular weight is 305 g/mol. The standard InChI is InChI=1S/C15H19N3O2S/c1-2-3-11-21(19,20)18-15-10-9-14(12-16-15)17-13-7-5-4-6-8-13/h4-10,12,17H,2-3,11H2,1H3,(H,16,18). The molecule has 1 aromatic heterocycles. The summed E-state index contributed by atoms with van der Waals surface area (Å²) in [6.07, 6.45) is 3.09. The number of benzene rings is 1. The molecule has 2 aromatic rings. The largest absolute Gasteiger partial charge is 0.354 e. The molecule has 21 heavy (non-hydrogen) atoms. The second kappa shape index (κ2) is 7.08. The van der Waals surface area contributed by atoms with Crippen LogP contribution in [0, 0.1) is 0 Å². The fourth-order valence-corrected chi connectivity index (χ4v) is 2.97. The number of sulfonamides is 1. The molecule has 0 aliphatic carbocycles. The van der Waals surface area contributed by atoms with Gasteiger partial charge in [-0.25, -0.2) is 13.4 Å². The average Bonchev–Trinajstić information content (AvgIpc) is 2.48. The number of hydrogen-bond donors (Lipinski definition) is 2. The highest BCUT2D eigenvalue weighted by molar-refractivity contribution is 7.92. The Hall–Kier alpha value is -2.08. The zero-order valence-corrected chi connectivity index (χ0v) is 12.7. The number of hydrogen-bond acceptors (Lipinski definition) is 4. The van der Waals surface area contributed by atoms with Crippen molar-refractivity contribution < 1.29 is 8.42 Å². The van der Waals surface area contributed by atoms with Crippen LogP contribution in [0.2, 0.25) is 0 Å². The summed E-state index contributed by atoms with van der Waals surface area (Å²) in [5.74, 6) is 0.458. The van der Waals surface area contributed by atoms with Crippen LogP contribution in [0.4, 0.5) is 17.2 Å². The maximum Gasteiger partial charge on any atom is 0.233 e. The van der Waals surface area contributed by atoms with Gasteiger partial charge >= 0.3 is 0 Å². The number of aromatic nitrogens is 1. The molecule has 0 aliphatic rings. The van der Waals surface area contributed by atoms with E-state index in [1.54, 1.807) is 18.3 Å². The van der Waals surface area contributed by atoms with Crippen molar-refractivity contribution in [3.63, 3.8) is 0 Å². The molecule has 0 atom stereocenters. The van der Waals surface area contributed by atoms with Crippen LogP contribution in [0.5, 0.6) is 0 Å². The van der Waals surface area contributed by atoms with Crippen LogP contribution in [-0.4, -0.2) is 19.2 Å². The van der Waals surface area contributed by atoms with Crippen molar-refractivity contribution in [2.45, 2.75) is 19.8 Å². The van der Waals surface area contributed by atoms with Crippen LogP contribution in [0.15, 0.2) is 48.7 Å². The molecule has 2 N–H and O–H groups in total. The Morgan fingerprint density at radius 1 is 1.05 bits per heavy atom. The minimum Gasteiger partial charge on any atom is -0.354 e. The Morgan fingerprint density at radius 3 is 2.43 bits per heavy atom. The summed E-state index contributed by atoms with van der Waals surface area (Å²) in [7, 11) is -3.30. The lowest BCUT2D eigenvalue weighted by atomic mass is 10.3. The molecule has 1 heterocycles. The Morgan fingerprint density at radius 2 is 1.81 bits per heavy atom. The number of nitrogens with one attached hydrogen (secondary N) is 2. The highest BCUT2D eigenvalue weighted by Gasteiger charge is 2.10. The van der Waals surface area contributed by atoms with Gasteiger partial charge in [-0.1, -0.05) is 31.5 Å². The summed E-state index contributed by atoms with van der Waals surface area (Å²) in [4.78, 5) is 4.12. The molecular formula is C15H19N3O2S. The molecule has 1 aromatic carbocycles. The van der Waals surface area contributed by atoms with Crippen LogP contribution >= 0.6 is 0 Å². The number of rotatable bonds is 7. The van der Waals surface area contributed by atoms with Gasteiger partial charge in [0.25, 0.3) is 0 Å². The SMILES string of the molecule is CCCCS(=O)(=O)Nc1ccc(Nc2ccccc2)cn1. The maximum atomic E-state index is 11.8. The number of para-hydroxylation sites is 1. The first-order valence-corrected chi connectivity index (χ1v) is 8.53. The zero-order valence-electron chi connectivity index (χ0n) is 11.9. The van der Waals surface area contributed by atoms with Gasteiger partial charge in [0, 0.05) is 5.69 Å². The molecular weight excluding hydrogens is 286 g/mol. The van der Waals surface area contributed by atoms with Crippen LogP contribution in [-0.2, 0) is 10.0 Å². The molecule has 5 nitrogen and oxygen atoms in total. The quantitative estimate of drug-likeness (QED) is 0.822. The monoisotopic (exact) mass is 305 g/mol. The number of unbranched alkanes of at least 4 members (excludes halogenated alkanes) is 1. The summed E-state index contributed by atoms with van der Waals surface area (Å²) in [5, 5.41) is 3.19. The third-order valence-electron chi connectivity index (χ3n) is 2.85. The van der Waals surface area contributed by atoms with Crippen molar-refractivity contribution in [3.8, 4) is 0 Å². The topological polar surface area (TPSA) is 71.1 Å². The van der Waals surface area contributed by atoms with E-state index in [0.717, 1.165) is 17.8 Å². The van der Waals surface area contributed by atoms with E-state index in [-0.39, 0.29) is 5.75 Å². The van der Waals surface area contributed by atoms with E-state index >= 15 is 0 Å². The number of pyridine rings is 1. The van der Waals surface area contributed by atoms with Gasteiger partial charge in [-0.15, -0.1) is 0 Å². The predicted molar refractivity (Wildman–Crippen MR) is 86.3 cm³/mol. The lowest BCUT2D eigenvalue weighted by Gasteiger charge is -2.09. The van der Waals surface area contributed by atoms with Crippen LogP contribution in [0.25, 0.3) is 0 Å². The van der Waals surface area contributed by atoms with Crippen molar-refractivity contribution in [2.75, 3.05) is 15.8 Å².